The summed E-state index contributed by atoms with van der Waals surface area (Å²) >= 11 is 1.48. The first kappa shape index (κ1) is 13.7. The monoisotopic (exact) mass is 321 g/mol. The number of aromatic nitrogens is 2. The molecular formula is C17H11N3O2S. The van der Waals surface area contributed by atoms with Crippen LogP contribution in [0.2, 0.25) is 0 Å². The molecule has 0 radical (unpaired) electrons. The number of carbonyl (C=O) groups is 1. The Labute approximate surface area is 135 Å². The normalized spacial score (nSPS) is 11.0. The fourth-order valence-electron chi connectivity index (χ4n) is 2.54. The number of nitrogens with one attached hydrogen (secondary N) is 1. The van der Waals surface area contributed by atoms with Gasteiger partial charge in [0.05, 0.1) is 21.3 Å². The van der Waals surface area contributed by atoms with Crippen LogP contribution in [0.15, 0.2) is 54.0 Å². The number of anilines is 2. The van der Waals surface area contributed by atoms with Crippen LogP contribution in [0.1, 0.15) is 10.4 Å². The Kier molecular flexibility index (Phi) is 3.17. The molecule has 0 atom stereocenters. The van der Waals surface area contributed by atoms with Gasteiger partial charge in [0, 0.05) is 11.1 Å². The summed E-state index contributed by atoms with van der Waals surface area (Å²) in [6.45, 7) is 0. The minimum atomic E-state index is -0.988. The number of pyridine rings is 1. The first-order valence-corrected chi connectivity index (χ1v) is 7.83. The predicted molar refractivity (Wildman–Crippen MR) is 91.6 cm³/mol. The van der Waals surface area contributed by atoms with Crippen molar-refractivity contribution in [1.29, 1.82) is 0 Å². The second kappa shape index (κ2) is 5.33. The average molecular weight is 321 g/mol. The maximum atomic E-state index is 11.5. The molecule has 0 spiro atoms. The largest absolute Gasteiger partial charge is 0.478 e. The van der Waals surface area contributed by atoms with Crippen molar-refractivity contribution in [2.45, 2.75) is 0 Å². The van der Waals surface area contributed by atoms with Gasteiger partial charge in [-0.15, -0.1) is 11.3 Å². The Morgan fingerprint density at radius 2 is 1.87 bits per heavy atom. The lowest BCUT2D eigenvalue weighted by atomic mass is 10.1. The zero-order chi connectivity index (χ0) is 15.8. The molecule has 0 saturated carbocycles. The summed E-state index contributed by atoms with van der Waals surface area (Å²) in [5.74, 6) is -0.425. The van der Waals surface area contributed by atoms with Gasteiger partial charge >= 0.3 is 5.97 Å². The van der Waals surface area contributed by atoms with Crippen molar-refractivity contribution in [3.8, 4) is 0 Å². The summed E-state index contributed by atoms with van der Waals surface area (Å²) in [5, 5.41) is 13.5. The van der Waals surface area contributed by atoms with Crippen LogP contribution in [0, 0.1) is 0 Å². The van der Waals surface area contributed by atoms with Crippen molar-refractivity contribution in [2.24, 2.45) is 0 Å². The number of fused-ring (bicyclic) bond motifs is 3. The standard InChI is InChI=1S/C17H11N3O2S/c21-17(22)12-8-4-7-11-13(12)20-16(14-15(11)23-9-18-14)19-10-5-2-1-3-6-10/h1-9H,(H,19,20)(H,21,22). The van der Waals surface area contributed by atoms with E-state index in [1.807, 2.05) is 36.4 Å². The number of hydrogen-bond donors (Lipinski definition) is 2. The van der Waals surface area contributed by atoms with E-state index in [0.717, 1.165) is 21.3 Å². The maximum absolute atomic E-state index is 11.5. The van der Waals surface area contributed by atoms with Crippen molar-refractivity contribution in [2.75, 3.05) is 5.32 Å². The van der Waals surface area contributed by atoms with Gasteiger partial charge < -0.3 is 10.4 Å². The van der Waals surface area contributed by atoms with E-state index in [9.17, 15) is 9.90 Å². The Balaban J connectivity index is 2.00. The Morgan fingerprint density at radius 3 is 2.65 bits per heavy atom. The number of thiazole rings is 1. The van der Waals surface area contributed by atoms with Crippen LogP contribution in [0.4, 0.5) is 11.5 Å². The molecule has 5 nitrogen and oxygen atoms in total. The highest BCUT2D eigenvalue weighted by atomic mass is 32.1. The van der Waals surface area contributed by atoms with Gasteiger partial charge in [0.2, 0.25) is 0 Å². The Hall–Kier alpha value is -2.99. The SMILES string of the molecule is O=C(O)c1cccc2c1nc(Nc1ccccc1)c1ncsc12. The Bertz CT molecular complexity index is 1030. The molecule has 2 heterocycles. The molecule has 2 aromatic heterocycles. The molecule has 2 N–H and O–H groups in total. The number of rotatable bonds is 3. The van der Waals surface area contributed by atoms with E-state index in [1.165, 1.54) is 11.3 Å². The molecule has 0 aliphatic carbocycles. The van der Waals surface area contributed by atoms with Crippen LogP contribution in [-0.4, -0.2) is 21.0 Å². The van der Waals surface area contributed by atoms with Crippen LogP contribution in [0.25, 0.3) is 21.1 Å². The van der Waals surface area contributed by atoms with Crippen molar-refractivity contribution in [3.05, 3.63) is 59.6 Å². The summed E-state index contributed by atoms with van der Waals surface area (Å²) in [5.41, 5.74) is 4.02. The molecule has 0 unspecified atom stereocenters. The molecule has 4 rings (SSSR count). The summed E-state index contributed by atoms with van der Waals surface area (Å²) in [7, 11) is 0. The van der Waals surface area contributed by atoms with Gasteiger partial charge in [-0.3, -0.25) is 0 Å². The molecule has 0 aliphatic rings. The van der Waals surface area contributed by atoms with Gasteiger partial charge in [-0.25, -0.2) is 14.8 Å². The molecule has 0 amide bonds. The van der Waals surface area contributed by atoms with Gasteiger partial charge in [0.15, 0.2) is 5.82 Å². The van der Waals surface area contributed by atoms with Crippen LogP contribution in [0.5, 0.6) is 0 Å². The third-order valence-corrected chi connectivity index (χ3v) is 4.42. The lowest BCUT2D eigenvalue weighted by molar-refractivity contribution is 0.0699. The quantitative estimate of drug-likeness (QED) is 0.589. The molecular weight excluding hydrogens is 310 g/mol. The topological polar surface area (TPSA) is 75.1 Å². The number of nitrogens with zero attached hydrogens (tertiary/aromatic N) is 2. The highest BCUT2D eigenvalue weighted by molar-refractivity contribution is 7.17. The van der Waals surface area contributed by atoms with Crippen LogP contribution < -0.4 is 5.32 Å². The van der Waals surface area contributed by atoms with Crippen molar-refractivity contribution >= 4 is 49.9 Å². The minimum Gasteiger partial charge on any atom is -0.478 e. The van der Waals surface area contributed by atoms with E-state index in [0.29, 0.717) is 11.3 Å². The van der Waals surface area contributed by atoms with Crippen molar-refractivity contribution in [3.63, 3.8) is 0 Å². The molecule has 0 fully saturated rings. The second-order valence-electron chi connectivity index (χ2n) is 4.99. The zero-order valence-corrected chi connectivity index (χ0v) is 12.7. The van der Waals surface area contributed by atoms with E-state index in [1.54, 1.807) is 17.6 Å². The lowest BCUT2D eigenvalue weighted by Crippen LogP contribution is -2.01. The molecule has 0 aliphatic heterocycles. The van der Waals surface area contributed by atoms with Gasteiger partial charge in [-0.05, 0) is 18.2 Å². The number of hydrogen-bond acceptors (Lipinski definition) is 5. The first-order chi connectivity index (χ1) is 11.2. The van der Waals surface area contributed by atoms with Crippen molar-refractivity contribution in [1.82, 2.24) is 9.97 Å². The van der Waals surface area contributed by atoms with Crippen LogP contribution in [-0.2, 0) is 0 Å². The summed E-state index contributed by atoms with van der Waals surface area (Å²) < 4.78 is 0.927. The molecule has 112 valence electrons. The first-order valence-electron chi connectivity index (χ1n) is 6.95. The summed E-state index contributed by atoms with van der Waals surface area (Å²) in [6, 6.07) is 14.8. The zero-order valence-electron chi connectivity index (χ0n) is 11.9. The smallest absolute Gasteiger partial charge is 0.337 e. The third kappa shape index (κ3) is 2.29. The maximum Gasteiger partial charge on any atom is 0.337 e. The number of benzene rings is 2. The predicted octanol–water partition coefficient (Wildman–Crippen LogP) is 4.29. The van der Waals surface area contributed by atoms with E-state index >= 15 is 0 Å². The number of aromatic carboxylic acids is 1. The molecule has 6 heteroatoms. The number of para-hydroxylation sites is 2. The van der Waals surface area contributed by atoms with E-state index in [2.05, 4.69) is 15.3 Å². The van der Waals surface area contributed by atoms with Crippen molar-refractivity contribution < 1.29 is 9.90 Å². The molecule has 0 saturated heterocycles. The van der Waals surface area contributed by atoms with Gasteiger partial charge in [0.25, 0.3) is 0 Å². The summed E-state index contributed by atoms with van der Waals surface area (Å²) in [4.78, 5) is 20.4. The van der Waals surface area contributed by atoms with Gasteiger partial charge in [-0.1, -0.05) is 30.3 Å². The lowest BCUT2D eigenvalue weighted by Gasteiger charge is -2.09. The molecule has 2 aromatic carbocycles. The number of carboxylic acid groups (broad SMARTS) is 1. The van der Waals surface area contributed by atoms with Crippen LogP contribution >= 0.6 is 11.3 Å². The fraction of sp³-hybridized carbons (Fsp3) is 0. The number of carboxylic acids is 1. The second-order valence-corrected chi connectivity index (χ2v) is 5.84. The van der Waals surface area contributed by atoms with E-state index < -0.39 is 5.97 Å². The fourth-order valence-corrected chi connectivity index (χ4v) is 3.35. The molecule has 0 bridgehead atoms. The molecule has 23 heavy (non-hydrogen) atoms. The van der Waals surface area contributed by atoms with Gasteiger partial charge in [-0.2, -0.15) is 0 Å². The van der Waals surface area contributed by atoms with Gasteiger partial charge in [0.1, 0.15) is 5.52 Å². The third-order valence-electron chi connectivity index (χ3n) is 3.56. The Morgan fingerprint density at radius 1 is 1.04 bits per heavy atom. The molecule has 4 aromatic rings. The van der Waals surface area contributed by atoms with E-state index in [4.69, 9.17) is 0 Å². The average Bonchev–Trinajstić information content (AvgIpc) is 3.05. The highest BCUT2D eigenvalue weighted by Gasteiger charge is 2.16. The highest BCUT2D eigenvalue weighted by Crippen LogP contribution is 2.34. The summed E-state index contributed by atoms with van der Waals surface area (Å²) in [6.07, 6.45) is 0. The van der Waals surface area contributed by atoms with E-state index in [-0.39, 0.29) is 5.56 Å². The van der Waals surface area contributed by atoms with Crippen LogP contribution in [0.3, 0.4) is 0 Å². The minimum absolute atomic E-state index is 0.189.